The van der Waals surface area contributed by atoms with Crippen molar-refractivity contribution in [2.45, 2.75) is 18.7 Å². The number of amides is 1. The SMILES string of the molecule is CCN(CC)S(=O)(=O)c1ccc(C(=O)Nc2nnc(N=Cc3ccc([N+](=O)[O-])s3)s2)cc1. The Morgan fingerprint density at radius 2 is 1.84 bits per heavy atom. The van der Waals surface area contributed by atoms with Crippen molar-refractivity contribution in [3.05, 3.63) is 57.0 Å². The summed E-state index contributed by atoms with van der Waals surface area (Å²) in [6.45, 7) is 4.22. The van der Waals surface area contributed by atoms with E-state index < -0.39 is 20.9 Å². The molecule has 3 aromatic rings. The van der Waals surface area contributed by atoms with Crippen molar-refractivity contribution >= 4 is 60.1 Å². The van der Waals surface area contributed by atoms with E-state index in [9.17, 15) is 23.3 Å². The van der Waals surface area contributed by atoms with Crippen molar-refractivity contribution in [1.29, 1.82) is 0 Å². The normalized spacial score (nSPS) is 11.8. The molecule has 0 aliphatic rings. The van der Waals surface area contributed by atoms with E-state index >= 15 is 0 Å². The molecule has 0 fully saturated rings. The van der Waals surface area contributed by atoms with Crippen molar-refractivity contribution in [2.75, 3.05) is 18.4 Å². The third kappa shape index (κ3) is 5.40. The highest BCUT2D eigenvalue weighted by Crippen LogP contribution is 2.26. The fourth-order valence-corrected chi connectivity index (χ4v) is 5.34. The van der Waals surface area contributed by atoms with Crippen LogP contribution in [0.25, 0.3) is 0 Å². The number of rotatable bonds is 9. The second kappa shape index (κ2) is 10.0. The molecule has 0 saturated carbocycles. The molecule has 1 N–H and O–H groups in total. The van der Waals surface area contributed by atoms with E-state index in [-0.39, 0.29) is 25.7 Å². The van der Waals surface area contributed by atoms with Crippen LogP contribution in [0.15, 0.2) is 46.3 Å². The maximum absolute atomic E-state index is 12.5. The molecule has 1 aromatic carbocycles. The quantitative estimate of drug-likeness (QED) is 0.272. The molecule has 0 radical (unpaired) electrons. The van der Waals surface area contributed by atoms with E-state index in [0.29, 0.717) is 18.0 Å². The summed E-state index contributed by atoms with van der Waals surface area (Å²) in [5.74, 6) is -0.475. The minimum absolute atomic E-state index is 0.00702. The van der Waals surface area contributed by atoms with E-state index in [1.165, 1.54) is 40.9 Å². The van der Waals surface area contributed by atoms with Crippen LogP contribution in [-0.2, 0) is 10.0 Å². The van der Waals surface area contributed by atoms with E-state index in [1.54, 1.807) is 19.9 Å². The van der Waals surface area contributed by atoms with Gasteiger partial charge in [-0.05, 0) is 30.3 Å². The van der Waals surface area contributed by atoms with Crippen molar-refractivity contribution in [2.24, 2.45) is 4.99 Å². The van der Waals surface area contributed by atoms with Crippen molar-refractivity contribution < 1.29 is 18.1 Å². The molecule has 0 saturated heterocycles. The lowest BCUT2D eigenvalue weighted by atomic mass is 10.2. The van der Waals surface area contributed by atoms with E-state index in [2.05, 4.69) is 20.5 Å². The Morgan fingerprint density at radius 3 is 2.44 bits per heavy atom. The molecule has 0 unspecified atom stereocenters. The molecule has 2 aromatic heterocycles. The second-order valence-corrected chi connectivity index (χ2v) is 10.1. The molecule has 0 bridgehead atoms. The molecule has 168 valence electrons. The van der Waals surface area contributed by atoms with Gasteiger partial charge in [0.05, 0.1) is 14.7 Å². The van der Waals surface area contributed by atoms with E-state index in [0.717, 1.165) is 22.7 Å². The Labute approximate surface area is 191 Å². The van der Waals surface area contributed by atoms with Crippen LogP contribution in [0, 0.1) is 10.1 Å². The first kappa shape index (κ1) is 23.6. The fourth-order valence-electron chi connectivity index (χ4n) is 2.61. The number of hydrogen-bond donors (Lipinski definition) is 1. The average Bonchev–Trinajstić information content (AvgIpc) is 3.42. The summed E-state index contributed by atoms with van der Waals surface area (Å²) >= 11 is 2.00. The fraction of sp³-hybridized carbons (Fsp3) is 0.222. The molecule has 2 heterocycles. The van der Waals surface area contributed by atoms with Gasteiger partial charge in [-0.25, -0.2) is 13.4 Å². The van der Waals surface area contributed by atoms with Crippen LogP contribution in [0.3, 0.4) is 0 Å². The van der Waals surface area contributed by atoms with Gasteiger partial charge in [0.2, 0.25) is 20.3 Å². The summed E-state index contributed by atoms with van der Waals surface area (Å²) in [6, 6.07) is 8.58. The minimum Gasteiger partial charge on any atom is -0.296 e. The van der Waals surface area contributed by atoms with Crippen LogP contribution in [0.4, 0.5) is 15.3 Å². The van der Waals surface area contributed by atoms with Crippen LogP contribution >= 0.6 is 22.7 Å². The monoisotopic (exact) mass is 494 g/mol. The number of nitro groups is 1. The van der Waals surface area contributed by atoms with Crippen molar-refractivity contribution in [3.8, 4) is 0 Å². The topological polar surface area (TPSA) is 148 Å². The molecule has 32 heavy (non-hydrogen) atoms. The first-order chi connectivity index (χ1) is 15.2. The number of anilines is 1. The highest BCUT2D eigenvalue weighted by molar-refractivity contribution is 7.89. The van der Waals surface area contributed by atoms with Gasteiger partial charge in [0.25, 0.3) is 5.91 Å². The summed E-state index contributed by atoms with van der Waals surface area (Å²) in [5.41, 5.74) is 0.259. The van der Waals surface area contributed by atoms with Gasteiger partial charge in [0.15, 0.2) is 0 Å². The maximum Gasteiger partial charge on any atom is 0.324 e. The molecule has 1 amide bonds. The Kier molecular flexibility index (Phi) is 7.40. The van der Waals surface area contributed by atoms with Crippen LogP contribution in [0.1, 0.15) is 29.1 Å². The van der Waals surface area contributed by atoms with Gasteiger partial charge < -0.3 is 0 Å². The maximum atomic E-state index is 12.5. The number of nitrogens with zero attached hydrogens (tertiary/aromatic N) is 5. The summed E-state index contributed by atoms with van der Waals surface area (Å²) < 4.78 is 26.4. The summed E-state index contributed by atoms with van der Waals surface area (Å²) in [6.07, 6.45) is 1.43. The number of benzene rings is 1. The van der Waals surface area contributed by atoms with Crippen molar-refractivity contribution in [1.82, 2.24) is 14.5 Å². The highest BCUT2D eigenvalue weighted by atomic mass is 32.2. The second-order valence-electron chi connectivity index (χ2n) is 6.15. The third-order valence-electron chi connectivity index (χ3n) is 4.19. The molecule has 0 aliphatic heterocycles. The molecule has 14 heteroatoms. The van der Waals surface area contributed by atoms with Gasteiger partial charge in [0, 0.05) is 30.9 Å². The van der Waals surface area contributed by atoms with Gasteiger partial charge in [-0.3, -0.25) is 20.2 Å². The smallest absolute Gasteiger partial charge is 0.296 e. The summed E-state index contributed by atoms with van der Waals surface area (Å²) in [5, 5.41) is 21.5. The Balaban J connectivity index is 1.65. The molecule has 0 spiro atoms. The minimum atomic E-state index is -3.60. The average molecular weight is 495 g/mol. The largest absolute Gasteiger partial charge is 0.324 e. The lowest BCUT2D eigenvalue weighted by molar-refractivity contribution is -0.380. The lowest BCUT2D eigenvalue weighted by Gasteiger charge is -2.18. The zero-order chi connectivity index (χ0) is 23.3. The van der Waals surface area contributed by atoms with Gasteiger partial charge in [-0.1, -0.05) is 36.5 Å². The number of aliphatic imine (C=N–C) groups is 1. The number of thiophene rings is 1. The van der Waals surface area contributed by atoms with Gasteiger partial charge in [-0.15, -0.1) is 10.2 Å². The van der Waals surface area contributed by atoms with E-state index in [4.69, 9.17) is 0 Å². The van der Waals surface area contributed by atoms with Crippen LogP contribution in [-0.4, -0.2) is 53.1 Å². The zero-order valence-electron chi connectivity index (χ0n) is 17.0. The molecule has 3 rings (SSSR count). The number of hydrogen-bond acceptors (Lipinski definition) is 10. The molecular formula is C18H18N6O5S3. The molecule has 0 aliphatic carbocycles. The zero-order valence-corrected chi connectivity index (χ0v) is 19.4. The predicted molar refractivity (Wildman–Crippen MR) is 123 cm³/mol. The lowest BCUT2D eigenvalue weighted by Crippen LogP contribution is -2.30. The Hall–Kier alpha value is -3.07. The Morgan fingerprint density at radius 1 is 1.16 bits per heavy atom. The first-order valence-corrected chi connectivity index (χ1v) is 12.3. The highest BCUT2D eigenvalue weighted by Gasteiger charge is 2.22. The Bertz CT molecular complexity index is 1250. The van der Waals surface area contributed by atoms with Crippen LogP contribution in [0.2, 0.25) is 0 Å². The number of sulfonamides is 1. The summed E-state index contributed by atoms with van der Waals surface area (Å²) in [7, 11) is -3.60. The third-order valence-corrected chi connectivity index (χ3v) is 7.97. The number of carbonyl (C=O) groups excluding carboxylic acids is 1. The van der Waals surface area contributed by atoms with Gasteiger partial charge >= 0.3 is 5.00 Å². The van der Waals surface area contributed by atoms with Crippen LogP contribution in [0.5, 0.6) is 0 Å². The van der Waals surface area contributed by atoms with Crippen LogP contribution < -0.4 is 5.32 Å². The predicted octanol–water partition coefficient (Wildman–Crippen LogP) is 3.54. The van der Waals surface area contributed by atoms with Gasteiger partial charge in [-0.2, -0.15) is 4.31 Å². The number of carbonyl (C=O) groups is 1. The van der Waals surface area contributed by atoms with Gasteiger partial charge in [0.1, 0.15) is 0 Å². The molecule has 11 nitrogen and oxygen atoms in total. The van der Waals surface area contributed by atoms with Crippen molar-refractivity contribution in [3.63, 3.8) is 0 Å². The number of aromatic nitrogens is 2. The standard InChI is InChI=1S/C18H18N6O5S3/c1-3-23(4-2)32(28,29)14-8-5-12(6-9-14)16(25)20-18-22-21-17(31-18)19-11-13-7-10-15(30-13)24(26)27/h5-11H,3-4H2,1-2H3,(H,20,22,25). The first-order valence-electron chi connectivity index (χ1n) is 9.28. The molecule has 0 atom stereocenters. The summed E-state index contributed by atoms with van der Waals surface area (Å²) in [4.78, 5) is 27.5. The van der Waals surface area contributed by atoms with E-state index in [1.807, 2.05) is 0 Å². The molecular weight excluding hydrogens is 476 g/mol. The number of nitrogens with one attached hydrogen (secondary N) is 1.